The maximum atomic E-state index is 11.1. The molecule has 1 aromatic heterocycles. The Morgan fingerprint density at radius 3 is 2.81 bits per heavy atom. The molecule has 0 fully saturated rings. The van der Waals surface area contributed by atoms with Gasteiger partial charge in [0.05, 0.1) is 22.5 Å². The number of halogens is 3. The Balaban J connectivity index is 1.66. The number of benzene rings is 2. The van der Waals surface area contributed by atoms with E-state index in [1.54, 1.807) is 30.5 Å². The van der Waals surface area contributed by atoms with Gasteiger partial charge in [-0.25, -0.2) is 9.89 Å². The lowest BCUT2D eigenvalue weighted by molar-refractivity contribution is 0.306. The van der Waals surface area contributed by atoms with Crippen molar-refractivity contribution in [3.05, 3.63) is 79.3 Å². The highest BCUT2D eigenvalue weighted by atomic mass is 35.5. The first-order valence-electron chi connectivity index (χ1n) is 7.59. The zero-order valence-electron chi connectivity index (χ0n) is 13.6. The molecule has 3 rings (SSSR count). The van der Waals surface area contributed by atoms with Crippen molar-refractivity contribution in [3.8, 4) is 5.75 Å². The quantitative estimate of drug-likeness (QED) is 0.352. The van der Waals surface area contributed by atoms with Crippen molar-refractivity contribution in [3.63, 3.8) is 0 Å². The lowest BCUT2D eigenvalue weighted by Gasteiger charge is -2.11. The number of hydrogen-bond acceptors (Lipinski definition) is 6. The number of anilines is 1. The summed E-state index contributed by atoms with van der Waals surface area (Å²) in [5.74, 6) is 0.828. The van der Waals surface area contributed by atoms with Crippen LogP contribution in [-0.4, -0.2) is 21.4 Å². The number of rotatable bonds is 6. The van der Waals surface area contributed by atoms with E-state index in [0.717, 1.165) is 5.56 Å². The molecule has 0 saturated carbocycles. The number of aromatic amines is 1. The molecule has 0 aliphatic rings. The van der Waals surface area contributed by atoms with Crippen molar-refractivity contribution in [1.82, 2.24) is 15.2 Å². The number of nitrogens with zero attached hydrogens (tertiary/aromatic N) is 3. The van der Waals surface area contributed by atoms with Crippen molar-refractivity contribution < 1.29 is 4.74 Å². The standard InChI is InChI=1S/C17H12Cl3N5O2/c18-13-4-5-14(19)16(20)12(13)9-27-11-3-1-2-10(6-11)7-21-24-15-8-22-25-17(26)23-15/h1-8H,9H2,(H2,23,24,25,26)/b21-7+. The van der Waals surface area contributed by atoms with Crippen LogP contribution < -0.4 is 15.9 Å². The van der Waals surface area contributed by atoms with Gasteiger partial charge in [-0.15, -0.1) is 0 Å². The van der Waals surface area contributed by atoms with Crippen molar-refractivity contribution in [1.29, 1.82) is 0 Å². The van der Waals surface area contributed by atoms with E-state index in [1.807, 2.05) is 12.1 Å². The molecule has 0 aliphatic carbocycles. The van der Waals surface area contributed by atoms with Crippen LogP contribution in [0.4, 0.5) is 5.82 Å². The number of ether oxygens (including phenoxy) is 1. The predicted molar refractivity (Wildman–Crippen MR) is 106 cm³/mol. The Kier molecular flexibility index (Phi) is 6.28. The number of hydrazone groups is 1. The lowest BCUT2D eigenvalue weighted by Crippen LogP contribution is -2.13. The van der Waals surface area contributed by atoms with Crippen molar-refractivity contribution in [2.24, 2.45) is 5.10 Å². The normalized spacial score (nSPS) is 10.9. The largest absolute Gasteiger partial charge is 0.489 e. The van der Waals surface area contributed by atoms with Crippen LogP contribution in [0.1, 0.15) is 11.1 Å². The van der Waals surface area contributed by atoms with E-state index in [-0.39, 0.29) is 12.4 Å². The first kappa shape index (κ1) is 19.2. The summed E-state index contributed by atoms with van der Waals surface area (Å²) in [6, 6.07) is 10.5. The highest BCUT2D eigenvalue weighted by Gasteiger charge is 2.10. The van der Waals surface area contributed by atoms with Gasteiger partial charge in [0.15, 0.2) is 5.82 Å². The summed E-state index contributed by atoms with van der Waals surface area (Å²) in [4.78, 5) is 14.7. The predicted octanol–water partition coefficient (Wildman–Crippen LogP) is 4.15. The van der Waals surface area contributed by atoms with Crippen molar-refractivity contribution in [2.75, 3.05) is 5.43 Å². The Labute approximate surface area is 169 Å². The van der Waals surface area contributed by atoms with Gasteiger partial charge >= 0.3 is 5.69 Å². The molecule has 0 radical (unpaired) electrons. The second kappa shape index (κ2) is 8.85. The van der Waals surface area contributed by atoms with Crippen LogP contribution in [0.2, 0.25) is 15.1 Å². The van der Waals surface area contributed by atoms with Gasteiger partial charge < -0.3 is 4.74 Å². The Bertz CT molecular complexity index is 1040. The second-order valence-electron chi connectivity index (χ2n) is 5.23. The molecule has 2 N–H and O–H groups in total. The Morgan fingerprint density at radius 1 is 1.19 bits per heavy atom. The summed E-state index contributed by atoms with van der Waals surface area (Å²) in [7, 11) is 0. The number of nitrogens with one attached hydrogen (secondary N) is 2. The fraction of sp³-hybridized carbons (Fsp3) is 0.0588. The summed E-state index contributed by atoms with van der Waals surface area (Å²) in [5.41, 5.74) is 3.43. The van der Waals surface area contributed by atoms with Crippen LogP contribution in [0.3, 0.4) is 0 Å². The van der Waals surface area contributed by atoms with E-state index in [2.05, 4.69) is 25.7 Å². The molecule has 0 amide bonds. The molecule has 138 valence electrons. The maximum Gasteiger partial charge on any atom is 0.363 e. The first-order chi connectivity index (χ1) is 13.0. The fourth-order valence-corrected chi connectivity index (χ4v) is 2.74. The van der Waals surface area contributed by atoms with Gasteiger partial charge in [-0.3, -0.25) is 5.43 Å². The topological polar surface area (TPSA) is 92.3 Å². The van der Waals surface area contributed by atoms with Gasteiger partial charge in [-0.05, 0) is 29.8 Å². The van der Waals surface area contributed by atoms with Crippen LogP contribution in [-0.2, 0) is 6.61 Å². The molecule has 2 aromatic carbocycles. The highest BCUT2D eigenvalue weighted by Crippen LogP contribution is 2.32. The minimum Gasteiger partial charge on any atom is -0.489 e. The molecule has 0 spiro atoms. The summed E-state index contributed by atoms with van der Waals surface area (Å²) >= 11 is 18.3. The first-order valence-corrected chi connectivity index (χ1v) is 8.72. The third-order valence-electron chi connectivity index (χ3n) is 3.34. The molecule has 0 aliphatic heterocycles. The molecule has 7 nitrogen and oxygen atoms in total. The summed E-state index contributed by atoms with van der Waals surface area (Å²) in [6.07, 6.45) is 2.89. The zero-order chi connectivity index (χ0) is 19.2. The summed E-state index contributed by atoms with van der Waals surface area (Å²) < 4.78 is 5.75. The van der Waals surface area contributed by atoms with Crippen LogP contribution in [0, 0.1) is 0 Å². The highest BCUT2D eigenvalue weighted by molar-refractivity contribution is 6.44. The van der Waals surface area contributed by atoms with E-state index in [1.165, 1.54) is 6.20 Å². The van der Waals surface area contributed by atoms with Gasteiger partial charge in [0.1, 0.15) is 12.4 Å². The molecule has 1 heterocycles. The van der Waals surface area contributed by atoms with Crippen molar-refractivity contribution in [2.45, 2.75) is 6.61 Å². The van der Waals surface area contributed by atoms with E-state index in [9.17, 15) is 4.79 Å². The molecule has 0 bridgehead atoms. The summed E-state index contributed by atoms with van der Waals surface area (Å²) in [5, 5.41) is 11.0. The Morgan fingerprint density at radius 2 is 2.00 bits per heavy atom. The van der Waals surface area contributed by atoms with Crippen LogP contribution in [0.25, 0.3) is 0 Å². The van der Waals surface area contributed by atoms with E-state index >= 15 is 0 Å². The average molecular weight is 425 g/mol. The van der Waals surface area contributed by atoms with Crippen LogP contribution in [0.5, 0.6) is 5.75 Å². The Hall–Kier alpha value is -2.61. The SMILES string of the molecule is O=c1nc(N/N=C/c2cccc(OCc3c(Cl)ccc(Cl)c3Cl)c2)cn[nH]1. The molecule has 0 saturated heterocycles. The number of hydrogen-bond donors (Lipinski definition) is 2. The second-order valence-corrected chi connectivity index (χ2v) is 6.42. The van der Waals surface area contributed by atoms with Gasteiger partial charge in [0.25, 0.3) is 0 Å². The summed E-state index contributed by atoms with van der Waals surface area (Å²) in [6.45, 7) is 0.166. The zero-order valence-corrected chi connectivity index (χ0v) is 15.9. The van der Waals surface area contributed by atoms with Crippen LogP contribution in [0.15, 0.2) is 52.5 Å². The third-order valence-corrected chi connectivity index (χ3v) is 4.54. The maximum absolute atomic E-state index is 11.1. The molecule has 0 atom stereocenters. The molecular weight excluding hydrogens is 413 g/mol. The monoisotopic (exact) mass is 423 g/mol. The van der Waals surface area contributed by atoms with Gasteiger partial charge in [0, 0.05) is 10.6 Å². The molecule has 0 unspecified atom stereocenters. The molecule has 27 heavy (non-hydrogen) atoms. The molecule has 10 heteroatoms. The van der Waals surface area contributed by atoms with Gasteiger partial charge in [0.2, 0.25) is 0 Å². The van der Waals surface area contributed by atoms with Crippen molar-refractivity contribution >= 4 is 46.8 Å². The van der Waals surface area contributed by atoms with Gasteiger partial charge in [-0.2, -0.15) is 15.2 Å². The average Bonchev–Trinajstić information content (AvgIpc) is 2.65. The minimum atomic E-state index is -0.566. The van der Waals surface area contributed by atoms with E-state index in [4.69, 9.17) is 39.5 Å². The van der Waals surface area contributed by atoms with Crippen LogP contribution >= 0.6 is 34.8 Å². The fourth-order valence-electron chi connectivity index (χ4n) is 2.08. The number of aromatic nitrogens is 3. The van der Waals surface area contributed by atoms with Gasteiger partial charge in [-0.1, -0.05) is 46.9 Å². The van der Waals surface area contributed by atoms with E-state index < -0.39 is 5.69 Å². The smallest absolute Gasteiger partial charge is 0.363 e. The third kappa shape index (κ3) is 5.19. The lowest BCUT2D eigenvalue weighted by atomic mass is 10.2. The molecule has 3 aromatic rings. The minimum absolute atomic E-state index is 0.166. The number of H-pyrrole nitrogens is 1. The van der Waals surface area contributed by atoms with E-state index in [0.29, 0.717) is 26.4 Å². The molecular formula is C17H12Cl3N5O2.